The van der Waals surface area contributed by atoms with Gasteiger partial charge in [0, 0.05) is 19.2 Å². The fraction of sp³-hybridized carbons (Fsp3) is 0.923. The molecule has 0 saturated heterocycles. The number of hydrogen-bond acceptors (Lipinski definition) is 4. The van der Waals surface area contributed by atoms with E-state index in [1.807, 2.05) is 20.8 Å². The molecule has 0 saturated carbocycles. The quantitative estimate of drug-likeness (QED) is 0.623. The minimum absolute atomic E-state index is 0.360. The lowest BCUT2D eigenvalue weighted by Crippen LogP contribution is -2.46. The molecule has 100 valence electrons. The van der Waals surface area contributed by atoms with Crippen LogP contribution in [0.4, 0.5) is 0 Å². The Morgan fingerprint density at radius 2 is 2.12 bits per heavy atom. The van der Waals surface area contributed by atoms with E-state index in [2.05, 4.69) is 30.3 Å². The van der Waals surface area contributed by atoms with Gasteiger partial charge in [0.25, 0.3) is 0 Å². The van der Waals surface area contributed by atoms with Crippen molar-refractivity contribution in [3.8, 4) is 6.07 Å². The Morgan fingerprint density at radius 3 is 2.59 bits per heavy atom. The first-order valence-corrected chi connectivity index (χ1v) is 6.43. The number of likely N-dealkylation sites (N-methyl/N-ethyl adjacent to an activating group) is 1. The van der Waals surface area contributed by atoms with Gasteiger partial charge in [0.15, 0.2) is 0 Å². The summed E-state index contributed by atoms with van der Waals surface area (Å²) in [6, 6.07) is 2.72. The van der Waals surface area contributed by atoms with E-state index in [1.54, 1.807) is 0 Å². The molecule has 0 amide bonds. The molecular weight excluding hydrogens is 214 g/mol. The molecule has 0 radical (unpaired) electrons. The Hall–Kier alpha value is -0.630. The van der Waals surface area contributed by atoms with Crippen molar-refractivity contribution in [2.75, 3.05) is 33.4 Å². The highest BCUT2D eigenvalue weighted by molar-refractivity contribution is 5.05. The van der Waals surface area contributed by atoms with Gasteiger partial charge in [-0.1, -0.05) is 6.92 Å². The van der Waals surface area contributed by atoms with Gasteiger partial charge in [-0.2, -0.15) is 5.26 Å². The zero-order valence-corrected chi connectivity index (χ0v) is 11.9. The second kappa shape index (κ2) is 8.46. The molecule has 2 unspecified atom stereocenters. The highest BCUT2D eigenvalue weighted by Gasteiger charge is 2.26. The van der Waals surface area contributed by atoms with E-state index in [1.165, 1.54) is 0 Å². The van der Waals surface area contributed by atoms with E-state index < -0.39 is 5.54 Å². The van der Waals surface area contributed by atoms with Crippen LogP contribution in [0.15, 0.2) is 0 Å². The van der Waals surface area contributed by atoms with Crippen molar-refractivity contribution in [2.45, 2.75) is 45.7 Å². The molecule has 0 aliphatic heterocycles. The molecule has 1 N–H and O–H groups in total. The second-order valence-corrected chi connectivity index (χ2v) is 4.70. The van der Waals surface area contributed by atoms with Gasteiger partial charge in [0.1, 0.15) is 5.54 Å². The molecule has 0 fully saturated rings. The van der Waals surface area contributed by atoms with E-state index in [4.69, 9.17) is 4.74 Å². The summed E-state index contributed by atoms with van der Waals surface area (Å²) >= 11 is 0. The summed E-state index contributed by atoms with van der Waals surface area (Å²) < 4.78 is 5.34. The Labute approximate surface area is 106 Å². The first-order valence-electron chi connectivity index (χ1n) is 6.43. The SMILES string of the molecule is CCNC(C)(C#N)CC(C)N(C)CCOCC. The zero-order valence-electron chi connectivity index (χ0n) is 11.9. The number of rotatable bonds is 9. The Morgan fingerprint density at radius 1 is 1.47 bits per heavy atom. The average Bonchev–Trinajstić information content (AvgIpc) is 2.29. The smallest absolute Gasteiger partial charge is 0.105 e. The highest BCUT2D eigenvalue weighted by Crippen LogP contribution is 2.14. The topological polar surface area (TPSA) is 48.3 Å². The molecule has 0 rings (SSSR count). The normalized spacial score (nSPS) is 16.5. The molecule has 0 heterocycles. The predicted molar refractivity (Wildman–Crippen MR) is 70.9 cm³/mol. The highest BCUT2D eigenvalue weighted by atomic mass is 16.5. The van der Waals surface area contributed by atoms with Gasteiger partial charge in [-0.05, 0) is 40.8 Å². The largest absolute Gasteiger partial charge is 0.380 e. The fourth-order valence-corrected chi connectivity index (χ4v) is 1.87. The van der Waals surface area contributed by atoms with Crippen molar-refractivity contribution < 1.29 is 4.74 Å². The van der Waals surface area contributed by atoms with E-state index in [-0.39, 0.29) is 0 Å². The van der Waals surface area contributed by atoms with Crippen molar-refractivity contribution in [1.82, 2.24) is 10.2 Å². The molecule has 0 bridgehead atoms. The Kier molecular flexibility index (Phi) is 8.15. The van der Waals surface area contributed by atoms with Crippen molar-refractivity contribution >= 4 is 0 Å². The van der Waals surface area contributed by atoms with E-state index in [0.29, 0.717) is 6.04 Å². The summed E-state index contributed by atoms with van der Waals surface area (Å²) in [6.45, 7) is 11.4. The summed E-state index contributed by atoms with van der Waals surface area (Å²) in [5, 5.41) is 12.4. The summed E-state index contributed by atoms with van der Waals surface area (Å²) in [5.41, 5.74) is -0.436. The number of nitrogens with zero attached hydrogens (tertiary/aromatic N) is 2. The van der Waals surface area contributed by atoms with Crippen LogP contribution in [0.5, 0.6) is 0 Å². The minimum Gasteiger partial charge on any atom is -0.380 e. The summed E-state index contributed by atoms with van der Waals surface area (Å²) in [4.78, 5) is 2.24. The molecule has 2 atom stereocenters. The molecule has 0 spiro atoms. The van der Waals surface area contributed by atoms with Crippen molar-refractivity contribution in [3.05, 3.63) is 0 Å². The van der Waals surface area contributed by atoms with Crippen LogP contribution in [-0.4, -0.2) is 49.8 Å². The maximum absolute atomic E-state index is 9.21. The minimum atomic E-state index is -0.436. The standard InChI is InChI=1S/C13H27N3O/c1-6-15-13(4,11-14)10-12(3)16(5)8-9-17-7-2/h12,15H,6-10H2,1-5H3. The number of nitriles is 1. The molecule has 17 heavy (non-hydrogen) atoms. The van der Waals surface area contributed by atoms with Crippen LogP contribution in [0.3, 0.4) is 0 Å². The molecule has 4 nitrogen and oxygen atoms in total. The van der Waals surface area contributed by atoms with Crippen LogP contribution in [0.1, 0.15) is 34.1 Å². The first kappa shape index (κ1) is 16.4. The Balaban J connectivity index is 4.13. The maximum atomic E-state index is 9.21. The molecule has 0 aliphatic rings. The van der Waals surface area contributed by atoms with Crippen LogP contribution >= 0.6 is 0 Å². The molecule has 0 aromatic heterocycles. The van der Waals surface area contributed by atoms with Gasteiger partial charge in [0.05, 0.1) is 12.7 Å². The number of hydrogen-bond donors (Lipinski definition) is 1. The monoisotopic (exact) mass is 241 g/mol. The van der Waals surface area contributed by atoms with E-state index in [0.717, 1.165) is 32.7 Å². The van der Waals surface area contributed by atoms with Gasteiger partial charge in [-0.15, -0.1) is 0 Å². The number of nitrogens with one attached hydrogen (secondary N) is 1. The van der Waals surface area contributed by atoms with Gasteiger partial charge < -0.3 is 9.64 Å². The van der Waals surface area contributed by atoms with Crippen LogP contribution in [0.2, 0.25) is 0 Å². The predicted octanol–water partition coefficient (Wildman–Crippen LogP) is 1.63. The zero-order chi connectivity index (χ0) is 13.3. The average molecular weight is 241 g/mol. The summed E-state index contributed by atoms with van der Waals surface area (Å²) in [6.07, 6.45) is 0.819. The maximum Gasteiger partial charge on any atom is 0.105 e. The third-order valence-electron chi connectivity index (χ3n) is 3.06. The lowest BCUT2D eigenvalue weighted by atomic mass is 9.94. The van der Waals surface area contributed by atoms with E-state index >= 15 is 0 Å². The van der Waals surface area contributed by atoms with Gasteiger partial charge >= 0.3 is 0 Å². The molecular formula is C13H27N3O. The number of ether oxygens (including phenoxy) is 1. The molecule has 0 aromatic rings. The molecule has 0 aromatic carbocycles. The van der Waals surface area contributed by atoms with Crippen molar-refractivity contribution in [3.63, 3.8) is 0 Å². The van der Waals surface area contributed by atoms with E-state index in [9.17, 15) is 5.26 Å². The summed E-state index contributed by atoms with van der Waals surface area (Å²) in [5.74, 6) is 0. The van der Waals surface area contributed by atoms with Crippen LogP contribution in [-0.2, 0) is 4.74 Å². The third kappa shape index (κ3) is 6.62. The lowest BCUT2D eigenvalue weighted by molar-refractivity contribution is 0.104. The van der Waals surface area contributed by atoms with Crippen LogP contribution in [0.25, 0.3) is 0 Å². The van der Waals surface area contributed by atoms with Crippen LogP contribution < -0.4 is 5.32 Å². The van der Waals surface area contributed by atoms with Gasteiger partial charge in [-0.3, -0.25) is 5.32 Å². The fourth-order valence-electron chi connectivity index (χ4n) is 1.87. The Bertz CT molecular complexity index is 239. The van der Waals surface area contributed by atoms with Crippen molar-refractivity contribution in [2.24, 2.45) is 0 Å². The molecule has 0 aliphatic carbocycles. The second-order valence-electron chi connectivity index (χ2n) is 4.70. The third-order valence-corrected chi connectivity index (χ3v) is 3.06. The van der Waals surface area contributed by atoms with Gasteiger partial charge in [-0.25, -0.2) is 0 Å². The van der Waals surface area contributed by atoms with Crippen LogP contribution in [0, 0.1) is 11.3 Å². The van der Waals surface area contributed by atoms with Crippen molar-refractivity contribution in [1.29, 1.82) is 5.26 Å². The van der Waals surface area contributed by atoms with Gasteiger partial charge in [0.2, 0.25) is 0 Å². The summed E-state index contributed by atoms with van der Waals surface area (Å²) in [7, 11) is 2.08. The first-order chi connectivity index (χ1) is 7.99. The molecule has 4 heteroatoms. The lowest BCUT2D eigenvalue weighted by Gasteiger charge is -2.31.